The third-order valence-corrected chi connectivity index (χ3v) is 2.64. The summed E-state index contributed by atoms with van der Waals surface area (Å²) in [5.74, 6) is -0.0428. The zero-order valence-electron chi connectivity index (χ0n) is 9.83. The molecule has 17 heavy (non-hydrogen) atoms. The molecule has 0 aliphatic rings. The van der Waals surface area contributed by atoms with E-state index >= 15 is 0 Å². The molecule has 0 spiro atoms. The maximum atomic E-state index is 11.5. The van der Waals surface area contributed by atoms with Crippen molar-refractivity contribution in [3.63, 3.8) is 0 Å². The van der Waals surface area contributed by atoms with Crippen molar-refractivity contribution >= 4 is 22.5 Å². The molecular formula is C13H14N2O2. The number of aromatic nitrogens is 1. The van der Waals surface area contributed by atoms with Crippen LogP contribution < -0.4 is 10.9 Å². The van der Waals surface area contributed by atoms with Crippen LogP contribution in [0.4, 0.5) is 5.69 Å². The number of fused-ring (bicyclic) bond motifs is 1. The second kappa shape index (κ2) is 4.41. The molecule has 0 atom stereocenters. The van der Waals surface area contributed by atoms with Gasteiger partial charge in [-0.2, -0.15) is 0 Å². The fraction of sp³-hybridized carbons (Fsp3) is 0.231. The van der Waals surface area contributed by atoms with Gasteiger partial charge in [-0.25, -0.2) is 0 Å². The van der Waals surface area contributed by atoms with E-state index in [9.17, 15) is 9.59 Å². The number of rotatable bonds is 2. The van der Waals surface area contributed by atoms with Gasteiger partial charge in [-0.15, -0.1) is 0 Å². The first kappa shape index (κ1) is 11.4. The number of amides is 1. The molecule has 88 valence electrons. The van der Waals surface area contributed by atoms with E-state index in [1.54, 1.807) is 19.9 Å². The van der Waals surface area contributed by atoms with Crippen LogP contribution in [0, 0.1) is 6.92 Å². The smallest absolute Gasteiger partial charge is 0.251 e. The van der Waals surface area contributed by atoms with Crippen molar-refractivity contribution in [1.82, 2.24) is 4.98 Å². The lowest BCUT2D eigenvalue weighted by Gasteiger charge is -2.05. The Morgan fingerprint density at radius 1 is 1.35 bits per heavy atom. The zero-order chi connectivity index (χ0) is 12.4. The van der Waals surface area contributed by atoms with Gasteiger partial charge >= 0.3 is 0 Å². The van der Waals surface area contributed by atoms with Crippen molar-refractivity contribution in [1.29, 1.82) is 0 Å². The first-order valence-electron chi connectivity index (χ1n) is 5.53. The van der Waals surface area contributed by atoms with E-state index < -0.39 is 0 Å². The molecule has 4 nitrogen and oxygen atoms in total. The molecule has 0 saturated heterocycles. The van der Waals surface area contributed by atoms with Gasteiger partial charge in [-0.3, -0.25) is 9.59 Å². The van der Waals surface area contributed by atoms with Crippen LogP contribution in [0.25, 0.3) is 10.9 Å². The van der Waals surface area contributed by atoms with Crippen LogP contribution in [-0.4, -0.2) is 10.9 Å². The van der Waals surface area contributed by atoms with E-state index in [0.717, 1.165) is 10.9 Å². The summed E-state index contributed by atoms with van der Waals surface area (Å²) in [6.07, 6.45) is 0.433. The number of H-pyrrole nitrogens is 1. The molecule has 0 aliphatic carbocycles. The number of pyridine rings is 1. The van der Waals surface area contributed by atoms with Crippen LogP contribution in [0.1, 0.15) is 18.9 Å². The van der Waals surface area contributed by atoms with Crippen molar-refractivity contribution < 1.29 is 4.79 Å². The summed E-state index contributed by atoms with van der Waals surface area (Å²) in [7, 11) is 0. The summed E-state index contributed by atoms with van der Waals surface area (Å²) in [6.45, 7) is 3.56. The highest BCUT2D eigenvalue weighted by molar-refractivity contribution is 5.93. The highest BCUT2D eigenvalue weighted by atomic mass is 16.1. The first-order chi connectivity index (χ1) is 8.10. The van der Waals surface area contributed by atoms with E-state index in [2.05, 4.69) is 10.3 Å². The third kappa shape index (κ3) is 2.36. The molecule has 0 saturated carbocycles. The lowest BCUT2D eigenvalue weighted by molar-refractivity contribution is -0.115. The van der Waals surface area contributed by atoms with Crippen molar-refractivity contribution in [2.24, 2.45) is 0 Å². The maximum absolute atomic E-state index is 11.5. The fourth-order valence-corrected chi connectivity index (χ4v) is 1.64. The number of anilines is 1. The van der Waals surface area contributed by atoms with E-state index in [0.29, 0.717) is 17.7 Å². The highest BCUT2D eigenvalue weighted by Crippen LogP contribution is 2.16. The Labute approximate surface area is 98.7 Å². The molecule has 0 fully saturated rings. The number of hydrogen-bond acceptors (Lipinski definition) is 2. The van der Waals surface area contributed by atoms with Crippen molar-refractivity contribution in [2.45, 2.75) is 20.3 Å². The average Bonchev–Trinajstić information content (AvgIpc) is 2.31. The number of carbonyl (C=O) groups is 1. The highest BCUT2D eigenvalue weighted by Gasteiger charge is 2.02. The Morgan fingerprint density at radius 3 is 2.82 bits per heavy atom. The molecule has 1 aromatic heterocycles. The molecule has 0 unspecified atom stereocenters. The molecule has 2 N–H and O–H groups in total. The number of carbonyl (C=O) groups excluding carboxylic acids is 1. The molecule has 2 aromatic rings. The minimum absolute atomic E-state index is 0.0428. The van der Waals surface area contributed by atoms with Gasteiger partial charge in [0.1, 0.15) is 0 Å². The van der Waals surface area contributed by atoms with Crippen LogP contribution in [0.5, 0.6) is 0 Å². The van der Waals surface area contributed by atoms with E-state index in [4.69, 9.17) is 0 Å². The maximum Gasteiger partial charge on any atom is 0.251 e. The molecule has 1 aromatic carbocycles. The summed E-state index contributed by atoms with van der Waals surface area (Å²) >= 11 is 0. The fourth-order valence-electron chi connectivity index (χ4n) is 1.64. The van der Waals surface area contributed by atoms with E-state index in [1.165, 1.54) is 0 Å². The topological polar surface area (TPSA) is 62.0 Å². The number of hydrogen-bond donors (Lipinski definition) is 2. The van der Waals surface area contributed by atoms with E-state index in [-0.39, 0.29) is 11.5 Å². The quantitative estimate of drug-likeness (QED) is 0.830. The summed E-state index contributed by atoms with van der Waals surface area (Å²) in [6, 6.07) is 7.31. The Balaban J connectivity index is 2.47. The van der Waals surface area contributed by atoms with Crippen LogP contribution in [0.15, 0.2) is 29.1 Å². The van der Waals surface area contributed by atoms with Gasteiger partial charge in [0.15, 0.2) is 0 Å². The van der Waals surface area contributed by atoms with Crippen LogP contribution >= 0.6 is 0 Å². The predicted molar refractivity (Wildman–Crippen MR) is 68.2 cm³/mol. The van der Waals surface area contributed by atoms with Gasteiger partial charge in [0.2, 0.25) is 5.91 Å². The second-order valence-electron chi connectivity index (χ2n) is 3.99. The molecule has 2 rings (SSSR count). The number of nitrogens with one attached hydrogen (secondary N) is 2. The van der Waals surface area contributed by atoms with Crippen LogP contribution in [0.3, 0.4) is 0 Å². The average molecular weight is 230 g/mol. The minimum atomic E-state index is -0.100. The molecular weight excluding hydrogens is 216 g/mol. The summed E-state index contributed by atoms with van der Waals surface area (Å²) < 4.78 is 0. The van der Waals surface area contributed by atoms with E-state index in [1.807, 2.05) is 18.2 Å². The molecule has 0 radical (unpaired) electrons. The van der Waals surface area contributed by atoms with Crippen molar-refractivity contribution in [3.05, 3.63) is 40.2 Å². The zero-order valence-corrected chi connectivity index (χ0v) is 9.83. The normalized spacial score (nSPS) is 10.5. The third-order valence-electron chi connectivity index (χ3n) is 2.64. The summed E-state index contributed by atoms with van der Waals surface area (Å²) in [5, 5.41) is 3.71. The minimum Gasteiger partial charge on any atom is -0.326 e. The molecule has 4 heteroatoms. The Bertz CT molecular complexity index is 629. The Hall–Kier alpha value is -2.10. The number of aryl methyl sites for hydroxylation is 1. The Morgan fingerprint density at radius 2 is 2.12 bits per heavy atom. The van der Waals surface area contributed by atoms with Crippen molar-refractivity contribution in [2.75, 3.05) is 5.32 Å². The SMILES string of the molecule is CCC(=O)Nc1ccc2cc(C)c(=O)[nH]c2c1. The summed E-state index contributed by atoms with van der Waals surface area (Å²) in [5.41, 5.74) is 2.01. The number of aromatic amines is 1. The van der Waals surface area contributed by atoms with Gasteiger partial charge in [0.25, 0.3) is 5.56 Å². The second-order valence-corrected chi connectivity index (χ2v) is 3.99. The number of benzene rings is 1. The predicted octanol–water partition coefficient (Wildman–Crippen LogP) is 2.19. The molecule has 1 amide bonds. The lowest BCUT2D eigenvalue weighted by atomic mass is 10.1. The van der Waals surface area contributed by atoms with Gasteiger partial charge in [0.05, 0.1) is 5.52 Å². The van der Waals surface area contributed by atoms with Crippen LogP contribution in [0.2, 0.25) is 0 Å². The van der Waals surface area contributed by atoms with Gasteiger partial charge in [-0.1, -0.05) is 13.0 Å². The monoisotopic (exact) mass is 230 g/mol. The lowest BCUT2D eigenvalue weighted by Crippen LogP contribution is -2.11. The summed E-state index contributed by atoms with van der Waals surface area (Å²) in [4.78, 5) is 25.5. The molecule has 0 bridgehead atoms. The van der Waals surface area contributed by atoms with Crippen molar-refractivity contribution in [3.8, 4) is 0 Å². The Kier molecular flexibility index (Phi) is 2.95. The van der Waals surface area contributed by atoms with Crippen LogP contribution in [-0.2, 0) is 4.79 Å². The van der Waals surface area contributed by atoms with Gasteiger partial charge in [0, 0.05) is 17.7 Å². The molecule has 1 heterocycles. The first-order valence-corrected chi connectivity index (χ1v) is 5.53. The molecule has 0 aliphatic heterocycles. The largest absolute Gasteiger partial charge is 0.326 e. The standard InChI is InChI=1S/C13H14N2O2/c1-3-12(16)14-10-5-4-9-6-8(2)13(17)15-11(9)7-10/h4-7H,3H2,1-2H3,(H,14,16)(H,15,17). The van der Waals surface area contributed by atoms with Gasteiger partial charge in [-0.05, 0) is 30.5 Å². The van der Waals surface area contributed by atoms with Gasteiger partial charge < -0.3 is 10.3 Å².